The predicted molar refractivity (Wildman–Crippen MR) is 102 cm³/mol. The maximum absolute atomic E-state index is 12.4. The third-order valence-corrected chi connectivity index (χ3v) is 4.48. The van der Waals surface area contributed by atoms with E-state index in [-0.39, 0.29) is 5.91 Å². The highest BCUT2D eigenvalue weighted by Gasteiger charge is 2.19. The average Bonchev–Trinajstić information content (AvgIpc) is 2.61. The minimum absolute atomic E-state index is 0.328. The summed E-state index contributed by atoms with van der Waals surface area (Å²) in [5.41, 5.74) is 6.90. The molecule has 0 aliphatic carbocycles. The molecule has 3 aromatic carbocycles. The summed E-state index contributed by atoms with van der Waals surface area (Å²) in [4.78, 5) is 24.2. The molecule has 25 heavy (non-hydrogen) atoms. The highest BCUT2D eigenvalue weighted by molar-refractivity contribution is 9.10. The van der Waals surface area contributed by atoms with Crippen LogP contribution in [0.4, 0.5) is 0 Å². The zero-order chi connectivity index (χ0) is 17.8. The van der Waals surface area contributed by atoms with Crippen molar-refractivity contribution in [3.05, 3.63) is 82.3 Å². The van der Waals surface area contributed by atoms with E-state index in [9.17, 15) is 9.59 Å². The number of fused-ring (bicyclic) bond motifs is 1. The van der Waals surface area contributed by atoms with Crippen molar-refractivity contribution in [1.29, 1.82) is 0 Å². The molecule has 0 saturated heterocycles. The molecule has 0 saturated carbocycles. The number of carbonyl (C=O) groups is 2. The Morgan fingerprint density at radius 2 is 1.72 bits per heavy atom. The van der Waals surface area contributed by atoms with Crippen LogP contribution in [0.1, 0.15) is 15.9 Å². The molecular weight excluding hydrogens is 380 g/mol. The van der Waals surface area contributed by atoms with E-state index in [1.807, 2.05) is 48.5 Å². The van der Waals surface area contributed by atoms with E-state index in [2.05, 4.69) is 21.2 Å². The molecule has 3 aromatic rings. The molecule has 4 nitrogen and oxygen atoms in total. The SMILES string of the molecule is NC(=O)[C@H](Cc1ccc2ccccc2c1)NC(=O)c1cccc(Br)c1. The first-order valence-electron chi connectivity index (χ1n) is 7.86. The van der Waals surface area contributed by atoms with E-state index in [0.29, 0.717) is 12.0 Å². The van der Waals surface area contributed by atoms with Gasteiger partial charge in [-0.05, 0) is 34.5 Å². The summed E-state index contributed by atoms with van der Waals surface area (Å²) in [6.07, 6.45) is 0.347. The molecule has 1 atom stereocenters. The van der Waals surface area contributed by atoms with Crippen LogP contribution in [0, 0.1) is 0 Å². The minimum atomic E-state index is -0.771. The summed E-state index contributed by atoms with van der Waals surface area (Å²) in [5, 5.41) is 4.93. The quantitative estimate of drug-likeness (QED) is 0.693. The van der Waals surface area contributed by atoms with Gasteiger partial charge in [0.25, 0.3) is 5.91 Å². The maximum atomic E-state index is 12.4. The number of hydrogen-bond donors (Lipinski definition) is 2. The third kappa shape index (κ3) is 4.25. The molecule has 0 aromatic heterocycles. The lowest BCUT2D eigenvalue weighted by molar-refractivity contribution is -0.119. The van der Waals surface area contributed by atoms with Gasteiger partial charge in [0.1, 0.15) is 6.04 Å². The van der Waals surface area contributed by atoms with Gasteiger partial charge in [0.05, 0.1) is 0 Å². The standard InChI is InChI=1S/C20H17BrN2O2/c21-17-7-3-6-16(12-17)20(25)23-18(19(22)24)11-13-8-9-14-4-1-2-5-15(14)10-13/h1-10,12,18H,11H2,(H2,22,24)(H,23,25)/t18-/m0/s1. The number of amides is 2. The van der Waals surface area contributed by atoms with Crippen LogP contribution in [0.15, 0.2) is 71.2 Å². The fourth-order valence-electron chi connectivity index (χ4n) is 2.70. The summed E-state index contributed by atoms with van der Waals surface area (Å²) >= 11 is 3.33. The minimum Gasteiger partial charge on any atom is -0.368 e. The summed E-state index contributed by atoms with van der Waals surface area (Å²) in [6.45, 7) is 0. The summed E-state index contributed by atoms with van der Waals surface area (Å²) in [6, 6.07) is 20.2. The number of carbonyl (C=O) groups excluding carboxylic acids is 2. The normalized spacial score (nSPS) is 11.9. The van der Waals surface area contributed by atoms with Crippen molar-refractivity contribution < 1.29 is 9.59 Å². The van der Waals surface area contributed by atoms with Crippen molar-refractivity contribution >= 4 is 38.5 Å². The monoisotopic (exact) mass is 396 g/mol. The molecule has 2 amide bonds. The Bertz CT molecular complexity index is 940. The zero-order valence-electron chi connectivity index (χ0n) is 13.4. The lowest BCUT2D eigenvalue weighted by Crippen LogP contribution is -2.45. The lowest BCUT2D eigenvalue weighted by atomic mass is 10.0. The molecule has 0 aliphatic rings. The van der Waals surface area contributed by atoms with Crippen LogP contribution >= 0.6 is 15.9 Å². The highest BCUT2D eigenvalue weighted by atomic mass is 79.9. The molecule has 0 spiro atoms. The highest BCUT2D eigenvalue weighted by Crippen LogP contribution is 2.17. The average molecular weight is 397 g/mol. The van der Waals surface area contributed by atoms with Crippen LogP contribution in [0.3, 0.4) is 0 Å². The zero-order valence-corrected chi connectivity index (χ0v) is 15.0. The summed E-state index contributed by atoms with van der Waals surface area (Å²) < 4.78 is 0.797. The van der Waals surface area contributed by atoms with Gasteiger partial charge >= 0.3 is 0 Å². The predicted octanol–water partition coefficient (Wildman–Crippen LogP) is 3.43. The van der Waals surface area contributed by atoms with E-state index in [0.717, 1.165) is 20.8 Å². The van der Waals surface area contributed by atoms with E-state index in [4.69, 9.17) is 5.73 Å². The van der Waals surface area contributed by atoms with Crippen LogP contribution in [0.25, 0.3) is 10.8 Å². The number of hydrogen-bond acceptors (Lipinski definition) is 2. The van der Waals surface area contributed by atoms with Crippen molar-refractivity contribution in [2.24, 2.45) is 5.73 Å². The van der Waals surface area contributed by atoms with Gasteiger partial charge in [-0.2, -0.15) is 0 Å². The fraction of sp³-hybridized carbons (Fsp3) is 0.100. The van der Waals surface area contributed by atoms with Crippen LogP contribution in [0.2, 0.25) is 0 Å². The van der Waals surface area contributed by atoms with Gasteiger partial charge < -0.3 is 11.1 Å². The van der Waals surface area contributed by atoms with Gasteiger partial charge in [0.2, 0.25) is 5.91 Å². The second-order valence-corrected chi connectivity index (χ2v) is 6.74. The van der Waals surface area contributed by atoms with Gasteiger partial charge in [0, 0.05) is 16.5 Å². The van der Waals surface area contributed by atoms with E-state index in [1.165, 1.54) is 0 Å². The van der Waals surface area contributed by atoms with Crippen LogP contribution in [-0.4, -0.2) is 17.9 Å². The molecule has 0 bridgehead atoms. The molecule has 0 fully saturated rings. The molecule has 5 heteroatoms. The largest absolute Gasteiger partial charge is 0.368 e. The van der Waals surface area contributed by atoms with Crippen LogP contribution < -0.4 is 11.1 Å². The molecule has 0 heterocycles. The number of nitrogens with two attached hydrogens (primary N) is 1. The Labute approximate surface area is 154 Å². The topological polar surface area (TPSA) is 72.2 Å². The summed E-state index contributed by atoms with van der Waals surface area (Å²) in [5.74, 6) is -0.887. The van der Waals surface area contributed by atoms with Gasteiger partial charge in [-0.1, -0.05) is 64.5 Å². The van der Waals surface area contributed by atoms with E-state index < -0.39 is 11.9 Å². The van der Waals surface area contributed by atoms with Crippen molar-refractivity contribution in [2.45, 2.75) is 12.5 Å². The van der Waals surface area contributed by atoms with Gasteiger partial charge in [-0.3, -0.25) is 9.59 Å². The molecule has 126 valence electrons. The number of primary amides is 1. The number of rotatable bonds is 5. The van der Waals surface area contributed by atoms with E-state index in [1.54, 1.807) is 18.2 Å². The third-order valence-electron chi connectivity index (χ3n) is 3.99. The number of benzene rings is 3. The Morgan fingerprint density at radius 3 is 2.44 bits per heavy atom. The second-order valence-electron chi connectivity index (χ2n) is 5.82. The van der Waals surface area contributed by atoms with Crippen molar-refractivity contribution in [3.63, 3.8) is 0 Å². The number of nitrogens with one attached hydrogen (secondary N) is 1. The second kappa shape index (κ2) is 7.49. The fourth-order valence-corrected chi connectivity index (χ4v) is 3.09. The molecule has 0 unspecified atom stereocenters. The van der Waals surface area contributed by atoms with Gasteiger partial charge in [-0.15, -0.1) is 0 Å². The Kier molecular flexibility index (Phi) is 5.14. The smallest absolute Gasteiger partial charge is 0.251 e. The van der Waals surface area contributed by atoms with Crippen molar-refractivity contribution in [3.8, 4) is 0 Å². The first-order chi connectivity index (χ1) is 12.0. The maximum Gasteiger partial charge on any atom is 0.251 e. The van der Waals surface area contributed by atoms with Gasteiger partial charge in [0.15, 0.2) is 0 Å². The van der Waals surface area contributed by atoms with Crippen molar-refractivity contribution in [1.82, 2.24) is 5.32 Å². The first kappa shape index (κ1) is 17.2. The van der Waals surface area contributed by atoms with Gasteiger partial charge in [-0.25, -0.2) is 0 Å². The van der Waals surface area contributed by atoms with Crippen LogP contribution in [-0.2, 0) is 11.2 Å². The van der Waals surface area contributed by atoms with E-state index >= 15 is 0 Å². The molecule has 3 rings (SSSR count). The summed E-state index contributed by atoms with van der Waals surface area (Å²) in [7, 11) is 0. The molecule has 3 N–H and O–H groups in total. The Hall–Kier alpha value is -2.66. The lowest BCUT2D eigenvalue weighted by Gasteiger charge is -2.16. The number of halogens is 1. The Morgan fingerprint density at radius 1 is 0.960 bits per heavy atom. The molecule has 0 aliphatic heterocycles. The molecule has 0 radical (unpaired) electrons. The molecular formula is C20H17BrN2O2. The van der Waals surface area contributed by atoms with Crippen molar-refractivity contribution in [2.75, 3.05) is 0 Å². The Balaban J connectivity index is 1.78. The first-order valence-corrected chi connectivity index (χ1v) is 8.65. The van der Waals surface area contributed by atoms with Crippen LogP contribution in [0.5, 0.6) is 0 Å².